The third-order valence-electron chi connectivity index (χ3n) is 4.36. The van der Waals surface area contributed by atoms with Crippen LogP contribution in [0.2, 0.25) is 0 Å². The summed E-state index contributed by atoms with van der Waals surface area (Å²) in [5, 5.41) is 14.1. The fraction of sp³-hybridized carbons (Fsp3) is 0.143. The number of hydrogen-bond acceptors (Lipinski definition) is 3. The number of nitrogens with zero attached hydrogens (tertiary/aromatic N) is 2. The van der Waals surface area contributed by atoms with Gasteiger partial charge in [-0.3, -0.25) is 4.79 Å². The number of likely N-dealkylation sites (N-methyl/N-ethyl adjacent to an activating group) is 1. The van der Waals surface area contributed by atoms with Gasteiger partial charge in [0.25, 0.3) is 0 Å². The standard InChI is InChI=1S/C21H19N3O/c1-15(21(25)23-19-9-5-6-16(12-19)14-22)24(2)20-11-10-17-7-3-4-8-18(17)13-20/h3-13,15H,1-2H3,(H,23,25)/t15-/m0/s1. The number of nitrogens with one attached hydrogen (secondary N) is 1. The summed E-state index contributed by atoms with van der Waals surface area (Å²) in [4.78, 5) is 14.5. The molecule has 4 heteroatoms. The molecule has 124 valence electrons. The quantitative estimate of drug-likeness (QED) is 0.781. The minimum Gasteiger partial charge on any atom is -0.363 e. The lowest BCUT2D eigenvalue weighted by Gasteiger charge is -2.26. The number of hydrogen-bond donors (Lipinski definition) is 1. The van der Waals surface area contributed by atoms with Crippen LogP contribution in [0.1, 0.15) is 12.5 Å². The maximum Gasteiger partial charge on any atom is 0.246 e. The Balaban J connectivity index is 1.77. The summed E-state index contributed by atoms with van der Waals surface area (Å²) in [5.41, 5.74) is 2.13. The van der Waals surface area contributed by atoms with E-state index in [2.05, 4.69) is 35.7 Å². The monoisotopic (exact) mass is 329 g/mol. The van der Waals surface area contributed by atoms with Crippen molar-refractivity contribution in [1.29, 1.82) is 5.26 Å². The maximum absolute atomic E-state index is 12.6. The third kappa shape index (κ3) is 3.61. The SMILES string of the molecule is C[C@@H](C(=O)Nc1cccc(C#N)c1)N(C)c1ccc2ccccc2c1. The number of amides is 1. The van der Waals surface area contributed by atoms with Gasteiger partial charge in [-0.1, -0.05) is 36.4 Å². The van der Waals surface area contributed by atoms with Crippen LogP contribution in [-0.4, -0.2) is 19.0 Å². The molecule has 0 radical (unpaired) electrons. The Labute approximate surface area is 147 Å². The second-order valence-electron chi connectivity index (χ2n) is 6.00. The van der Waals surface area contributed by atoms with Gasteiger partial charge in [0.15, 0.2) is 0 Å². The van der Waals surface area contributed by atoms with E-state index >= 15 is 0 Å². The molecule has 1 atom stereocenters. The average Bonchev–Trinajstić information content (AvgIpc) is 2.66. The summed E-state index contributed by atoms with van der Waals surface area (Å²) in [6.45, 7) is 1.86. The van der Waals surface area contributed by atoms with Gasteiger partial charge in [0.1, 0.15) is 6.04 Å². The Morgan fingerprint density at radius 1 is 1.04 bits per heavy atom. The molecule has 0 aliphatic rings. The van der Waals surface area contributed by atoms with E-state index < -0.39 is 0 Å². The first-order valence-corrected chi connectivity index (χ1v) is 8.11. The molecule has 0 unspecified atom stereocenters. The van der Waals surface area contributed by atoms with Gasteiger partial charge in [-0.05, 0) is 48.0 Å². The summed E-state index contributed by atoms with van der Waals surface area (Å²) in [6.07, 6.45) is 0. The number of nitriles is 1. The topological polar surface area (TPSA) is 56.1 Å². The summed E-state index contributed by atoms with van der Waals surface area (Å²) < 4.78 is 0. The van der Waals surface area contributed by atoms with E-state index in [1.807, 2.05) is 37.1 Å². The second kappa shape index (κ2) is 7.06. The van der Waals surface area contributed by atoms with Crippen molar-refractivity contribution in [3.63, 3.8) is 0 Å². The number of carbonyl (C=O) groups is 1. The molecule has 0 saturated heterocycles. The van der Waals surface area contributed by atoms with Crippen molar-refractivity contribution in [3.05, 3.63) is 72.3 Å². The van der Waals surface area contributed by atoms with Crippen molar-refractivity contribution in [2.75, 3.05) is 17.3 Å². The molecule has 0 aromatic heterocycles. The van der Waals surface area contributed by atoms with Gasteiger partial charge in [-0.15, -0.1) is 0 Å². The van der Waals surface area contributed by atoms with Crippen LogP contribution in [0, 0.1) is 11.3 Å². The van der Waals surface area contributed by atoms with Gasteiger partial charge in [0.2, 0.25) is 5.91 Å². The molecule has 0 aliphatic carbocycles. The van der Waals surface area contributed by atoms with E-state index in [1.165, 1.54) is 5.39 Å². The summed E-state index contributed by atoms with van der Waals surface area (Å²) in [7, 11) is 1.90. The Bertz CT molecular complexity index is 959. The molecule has 3 aromatic carbocycles. The summed E-state index contributed by atoms with van der Waals surface area (Å²) in [5.74, 6) is -0.120. The van der Waals surface area contributed by atoms with Crippen molar-refractivity contribution in [2.24, 2.45) is 0 Å². The zero-order valence-electron chi connectivity index (χ0n) is 14.2. The van der Waals surface area contributed by atoms with E-state index in [9.17, 15) is 4.79 Å². The van der Waals surface area contributed by atoms with Gasteiger partial charge in [-0.2, -0.15) is 5.26 Å². The highest BCUT2D eigenvalue weighted by molar-refractivity contribution is 5.97. The van der Waals surface area contributed by atoms with Gasteiger partial charge >= 0.3 is 0 Å². The zero-order chi connectivity index (χ0) is 17.8. The Hall–Kier alpha value is -3.32. The largest absolute Gasteiger partial charge is 0.363 e. The molecule has 1 amide bonds. The highest BCUT2D eigenvalue weighted by Crippen LogP contribution is 2.23. The van der Waals surface area contributed by atoms with E-state index in [-0.39, 0.29) is 11.9 Å². The number of rotatable bonds is 4. The van der Waals surface area contributed by atoms with Gasteiger partial charge in [-0.25, -0.2) is 0 Å². The zero-order valence-corrected chi connectivity index (χ0v) is 14.2. The first kappa shape index (κ1) is 16.5. The average molecular weight is 329 g/mol. The number of anilines is 2. The van der Waals surface area contributed by atoms with Crippen LogP contribution in [0.5, 0.6) is 0 Å². The Kier molecular flexibility index (Phi) is 4.67. The lowest BCUT2D eigenvalue weighted by Crippen LogP contribution is -2.39. The summed E-state index contributed by atoms with van der Waals surface area (Å²) >= 11 is 0. The second-order valence-corrected chi connectivity index (χ2v) is 6.00. The number of benzene rings is 3. The Morgan fingerprint density at radius 2 is 1.80 bits per heavy atom. The van der Waals surface area contributed by atoms with Crippen LogP contribution < -0.4 is 10.2 Å². The minimum atomic E-state index is -0.355. The highest BCUT2D eigenvalue weighted by atomic mass is 16.2. The predicted octanol–water partition coefficient (Wildman–Crippen LogP) is 4.17. The van der Waals surface area contributed by atoms with E-state index in [0.29, 0.717) is 11.3 Å². The van der Waals surface area contributed by atoms with Gasteiger partial charge in [0.05, 0.1) is 11.6 Å². The lowest BCUT2D eigenvalue weighted by atomic mass is 10.1. The van der Waals surface area contributed by atoms with Crippen molar-refractivity contribution in [1.82, 2.24) is 0 Å². The van der Waals surface area contributed by atoms with Crippen LogP contribution >= 0.6 is 0 Å². The van der Waals surface area contributed by atoms with Gasteiger partial charge < -0.3 is 10.2 Å². The molecule has 3 aromatic rings. The molecule has 0 bridgehead atoms. The molecule has 25 heavy (non-hydrogen) atoms. The van der Waals surface area contributed by atoms with Crippen molar-refractivity contribution >= 4 is 28.1 Å². The van der Waals surface area contributed by atoms with E-state index in [0.717, 1.165) is 11.1 Å². The van der Waals surface area contributed by atoms with Crippen molar-refractivity contribution < 1.29 is 4.79 Å². The fourth-order valence-corrected chi connectivity index (χ4v) is 2.71. The van der Waals surface area contributed by atoms with Crippen LogP contribution in [0.4, 0.5) is 11.4 Å². The van der Waals surface area contributed by atoms with E-state index in [4.69, 9.17) is 5.26 Å². The molecule has 0 fully saturated rings. The van der Waals surface area contributed by atoms with Gasteiger partial charge in [0, 0.05) is 18.4 Å². The molecule has 0 aliphatic heterocycles. The fourth-order valence-electron chi connectivity index (χ4n) is 2.71. The van der Waals surface area contributed by atoms with E-state index in [1.54, 1.807) is 24.3 Å². The third-order valence-corrected chi connectivity index (χ3v) is 4.36. The smallest absolute Gasteiger partial charge is 0.246 e. The first-order valence-electron chi connectivity index (χ1n) is 8.11. The van der Waals surface area contributed by atoms with Crippen LogP contribution in [0.15, 0.2) is 66.7 Å². The molecule has 0 saturated carbocycles. The van der Waals surface area contributed by atoms with Crippen molar-refractivity contribution in [2.45, 2.75) is 13.0 Å². The lowest BCUT2D eigenvalue weighted by molar-refractivity contribution is -0.117. The van der Waals surface area contributed by atoms with Crippen molar-refractivity contribution in [3.8, 4) is 6.07 Å². The number of carbonyl (C=O) groups excluding carboxylic acids is 1. The normalized spacial score (nSPS) is 11.6. The summed E-state index contributed by atoms with van der Waals surface area (Å²) in [6, 6.07) is 22.9. The molecule has 0 spiro atoms. The Morgan fingerprint density at radius 3 is 2.56 bits per heavy atom. The number of fused-ring (bicyclic) bond motifs is 1. The molecular formula is C21H19N3O. The molecule has 3 rings (SSSR count). The predicted molar refractivity (Wildman–Crippen MR) is 102 cm³/mol. The van der Waals surface area contributed by atoms with Crippen LogP contribution in [0.25, 0.3) is 10.8 Å². The highest BCUT2D eigenvalue weighted by Gasteiger charge is 2.19. The molecule has 0 heterocycles. The molecule has 4 nitrogen and oxygen atoms in total. The minimum absolute atomic E-state index is 0.120. The first-order chi connectivity index (χ1) is 12.1. The van der Waals surface area contributed by atoms with Crippen LogP contribution in [-0.2, 0) is 4.79 Å². The molecular weight excluding hydrogens is 310 g/mol. The maximum atomic E-state index is 12.6. The molecule has 1 N–H and O–H groups in total. The van der Waals surface area contributed by atoms with Crippen LogP contribution in [0.3, 0.4) is 0 Å².